The van der Waals surface area contributed by atoms with Gasteiger partial charge < -0.3 is 0 Å². The zero-order valence-corrected chi connectivity index (χ0v) is 7.32. The molecule has 0 radical (unpaired) electrons. The Balaban J connectivity index is 0. The Kier molecular flexibility index (Phi) is 7.28. The van der Waals surface area contributed by atoms with Gasteiger partial charge in [-0.05, 0) is 32.3 Å². The van der Waals surface area contributed by atoms with Crippen LogP contribution in [0, 0.1) is 0 Å². The maximum Gasteiger partial charge on any atom is 0.155 e. The van der Waals surface area contributed by atoms with E-state index >= 15 is 0 Å². The average molecular weight is 156 g/mol. The summed E-state index contributed by atoms with van der Waals surface area (Å²) in [4.78, 5) is 10.9. The number of rotatable bonds is 3. The van der Waals surface area contributed by atoms with Crippen molar-refractivity contribution in [1.82, 2.24) is 0 Å². The Morgan fingerprint density at radius 3 is 1.64 bits per heavy atom. The van der Waals surface area contributed by atoms with Crippen molar-refractivity contribution in [3.05, 3.63) is 11.1 Å². The second-order valence-electron chi connectivity index (χ2n) is 2.52. The average Bonchev–Trinajstić information content (AvgIpc) is 1.88. The quantitative estimate of drug-likeness (QED) is 0.573. The van der Waals surface area contributed by atoms with E-state index in [-0.39, 0.29) is 13.2 Å². The minimum Gasteiger partial charge on any atom is -0.295 e. The fraction of sp³-hybridized carbons (Fsp3) is 0.700. The molecule has 0 amide bonds. The molecule has 0 fully saturated rings. The molecular formula is C10H20O. The van der Waals surface area contributed by atoms with Crippen molar-refractivity contribution in [2.45, 2.75) is 48.0 Å². The maximum atomic E-state index is 10.9. The monoisotopic (exact) mass is 156 g/mol. The van der Waals surface area contributed by atoms with E-state index in [0.29, 0.717) is 0 Å². The van der Waals surface area contributed by atoms with Crippen LogP contribution in [0.5, 0.6) is 0 Å². The molecule has 1 nitrogen and oxygen atoms in total. The van der Waals surface area contributed by atoms with Crippen LogP contribution in [0.25, 0.3) is 0 Å². The van der Waals surface area contributed by atoms with Gasteiger partial charge in [-0.1, -0.05) is 26.8 Å². The second kappa shape index (κ2) is 6.14. The Hall–Kier alpha value is -0.590. The van der Waals surface area contributed by atoms with Crippen LogP contribution < -0.4 is 0 Å². The topological polar surface area (TPSA) is 17.1 Å². The Labute approximate surface area is 70.5 Å². The fourth-order valence-corrected chi connectivity index (χ4v) is 1.06. The summed E-state index contributed by atoms with van der Waals surface area (Å²) in [5, 5.41) is 0. The normalized spacial score (nSPS) is 11.6. The highest BCUT2D eigenvalue weighted by Crippen LogP contribution is 2.11. The molecule has 0 rings (SSSR count). The first-order valence-electron chi connectivity index (χ1n) is 3.83. The van der Waals surface area contributed by atoms with E-state index < -0.39 is 0 Å². The van der Waals surface area contributed by atoms with Gasteiger partial charge >= 0.3 is 0 Å². The van der Waals surface area contributed by atoms with Crippen molar-refractivity contribution in [3.63, 3.8) is 0 Å². The third kappa shape index (κ3) is 3.97. The molecule has 0 heterocycles. The number of ketones is 1. The molecule has 66 valence electrons. The van der Waals surface area contributed by atoms with Crippen molar-refractivity contribution in [2.75, 3.05) is 0 Å². The van der Waals surface area contributed by atoms with Crippen LogP contribution in [-0.2, 0) is 4.79 Å². The third-order valence-electron chi connectivity index (χ3n) is 1.82. The molecule has 0 atom stereocenters. The van der Waals surface area contributed by atoms with Crippen LogP contribution in [0.2, 0.25) is 0 Å². The van der Waals surface area contributed by atoms with E-state index in [1.54, 1.807) is 6.92 Å². The molecule has 0 aliphatic carbocycles. The molecular weight excluding hydrogens is 136 g/mol. The van der Waals surface area contributed by atoms with Gasteiger partial charge in [-0.3, -0.25) is 4.79 Å². The highest BCUT2D eigenvalue weighted by atomic mass is 16.1. The Morgan fingerprint density at radius 2 is 1.55 bits per heavy atom. The number of Topliss-reactive ketones (excluding diaryl/α,β-unsaturated/α-hetero) is 1. The van der Waals surface area contributed by atoms with Gasteiger partial charge in [-0.2, -0.15) is 0 Å². The zero-order chi connectivity index (χ0) is 8.15. The molecule has 0 aromatic rings. The molecule has 0 N–H and O–H groups in total. The Morgan fingerprint density at radius 1 is 1.09 bits per heavy atom. The predicted octanol–water partition coefficient (Wildman–Crippen LogP) is 3.35. The first kappa shape index (κ1) is 13.0. The summed E-state index contributed by atoms with van der Waals surface area (Å²) < 4.78 is 0. The van der Waals surface area contributed by atoms with E-state index in [2.05, 4.69) is 6.92 Å². The minimum atomic E-state index is 0. The number of carbonyl (C=O) groups excluding carboxylic acids is 1. The largest absolute Gasteiger partial charge is 0.295 e. The molecule has 0 bridgehead atoms. The van der Waals surface area contributed by atoms with Crippen molar-refractivity contribution >= 4 is 5.78 Å². The Bertz CT molecular complexity index is 154. The lowest BCUT2D eigenvalue weighted by Gasteiger charge is -2.03. The van der Waals surface area contributed by atoms with E-state index in [0.717, 1.165) is 18.4 Å². The summed E-state index contributed by atoms with van der Waals surface area (Å²) in [6, 6.07) is 0. The van der Waals surface area contributed by atoms with Crippen LogP contribution in [0.3, 0.4) is 0 Å². The molecule has 0 saturated carbocycles. The van der Waals surface area contributed by atoms with Gasteiger partial charge in [0, 0.05) is 0 Å². The SMILES string of the molecule is C.CC/C(C)=C(\CC)C(C)=O. The lowest BCUT2D eigenvalue weighted by Crippen LogP contribution is -1.98. The second-order valence-corrected chi connectivity index (χ2v) is 2.52. The molecule has 0 aliphatic rings. The lowest BCUT2D eigenvalue weighted by molar-refractivity contribution is -0.113. The van der Waals surface area contributed by atoms with E-state index in [4.69, 9.17) is 0 Å². The van der Waals surface area contributed by atoms with Crippen molar-refractivity contribution < 1.29 is 4.79 Å². The predicted molar refractivity (Wildman–Crippen MR) is 50.7 cm³/mol. The summed E-state index contributed by atoms with van der Waals surface area (Å²) in [6.45, 7) is 7.77. The van der Waals surface area contributed by atoms with E-state index in [1.807, 2.05) is 13.8 Å². The smallest absolute Gasteiger partial charge is 0.155 e. The molecule has 0 aromatic heterocycles. The maximum absolute atomic E-state index is 10.9. The van der Waals surface area contributed by atoms with Crippen LogP contribution in [-0.4, -0.2) is 5.78 Å². The number of hydrogen-bond acceptors (Lipinski definition) is 1. The standard InChI is InChI=1S/C9H16O.CH4/c1-5-7(3)9(6-2)8(4)10;/h5-6H2,1-4H3;1H4/b9-7+;. The van der Waals surface area contributed by atoms with Crippen LogP contribution in [0.4, 0.5) is 0 Å². The summed E-state index contributed by atoms with van der Waals surface area (Å²) in [5.74, 6) is 0.224. The zero-order valence-electron chi connectivity index (χ0n) is 7.32. The van der Waals surface area contributed by atoms with Crippen LogP contribution in [0.15, 0.2) is 11.1 Å². The summed E-state index contributed by atoms with van der Waals surface area (Å²) in [7, 11) is 0. The minimum absolute atomic E-state index is 0. The first-order valence-corrected chi connectivity index (χ1v) is 3.83. The number of carbonyl (C=O) groups is 1. The van der Waals surface area contributed by atoms with E-state index in [1.165, 1.54) is 5.57 Å². The van der Waals surface area contributed by atoms with Gasteiger partial charge in [0.25, 0.3) is 0 Å². The van der Waals surface area contributed by atoms with Crippen molar-refractivity contribution in [1.29, 1.82) is 0 Å². The van der Waals surface area contributed by atoms with Gasteiger partial charge in [-0.25, -0.2) is 0 Å². The van der Waals surface area contributed by atoms with Crippen LogP contribution in [0.1, 0.15) is 48.0 Å². The molecule has 0 spiro atoms. The molecule has 1 heteroatoms. The molecule has 0 saturated heterocycles. The van der Waals surface area contributed by atoms with Gasteiger partial charge in [0.05, 0.1) is 0 Å². The lowest BCUT2D eigenvalue weighted by atomic mass is 10.0. The highest BCUT2D eigenvalue weighted by Gasteiger charge is 2.02. The fourth-order valence-electron chi connectivity index (χ4n) is 1.06. The third-order valence-corrected chi connectivity index (χ3v) is 1.82. The highest BCUT2D eigenvalue weighted by molar-refractivity contribution is 5.93. The van der Waals surface area contributed by atoms with E-state index in [9.17, 15) is 4.79 Å². The first-order chi connectivity index (χ1) is 4.63. The molecule has 0 aliphatic heterocycles. The summed E-state index contributed by atoms with van der Waals surface area (Å²) in [6.07, 6.45) is 1.86. The van der Waals surface area contributed by atoms with Gasteiger partial charge in [-0.15, -0.1) is 0 Å². The van der Waals surface area contributed by atoms with Crippen LogP contribution >= 0.6 is 0 Å². The molecule has 11 heavy (non-hydrogen) atoms. The molecule has 0 unspecified atom stereocenters. The number of hydrogen-bond donors (Lipinski definition) is 0. The van der Waals surface area contributed by atoms with Gasteiger partial charge in [0.1, 0.15) is 0 Å². The molecule has 0 aromatic carbocycles. The summed E-state index contributed by atoms with van der Waals surface area (Å²) >= 11 is 0. The van der Waals surface area contributed by atoms with Gasteiger partial charge in [0.15, 0.2) is 5.78 Å². The summed E-state index contributed by atoms with van der Waals surface area (Å²) in [5.41, 5.74) is 2.23. The van der Waals surface area contributed by atoms with Gasteiger partial charge in [0.2, 0.25) is 0 Å². The van der Waals surface area contributed by atoms with Crippen molar-refractivity contribution in [2.24, 2.45) is 0 Å². The van der Waals surface area contributed by atoms with Crippen molar-refractivity contribution in [3.8, 4) is 0 Å². The number of allylic oxidation sites excluding steroid dienone is 2.